The van der Waals surface area contributed by atoms with Crippen LogP contribution in [0.2, 0.25) is 0 Å². The van der Waals surface area contributed by atoms with Crippen molar-refractivity contribution < 1.29 is 42.9 Å². The Morgan fingerprint density at radius 2 is 0.525 bits per heavy atom. The first-order valence-electron chi connectivity index (χ1n) is 16.2. The minimum Gasteiger partial charge on any atom is -0.379 e. The Kier molecular flexibility index (Phi) is 38.3. The maximum atomic E-state index is 5.48. The van der Waals surface area contributed by atoms with Gasteiger partial charge in [-0.1, -0.05) is 84.0 Å². The Hall–Kier alpha value is -0.360. The smallest absolute Gasteiger partial charge is 0.106 e. The first-order chi connectivity index (χ1) is 19.9. The summed E-state index contributed by atoms with van der Waals surface area (Å²) in [4.78, 5) is 10.4. The molecule has 0 aromatic carbocycles. The van der Waals surface area contributed by atoms with Crippen molar-refractivity contribution >= 4 is 0 Å². The predicted octanol–water partition coefficient (Wildman–Crippen LogP) is 6.16. The van der Waals surface area contributed by atoms with Crippen molar-refractivity contribution in [3.63, 3.8) is 0 Å². The molecule has 0 amide bonds. The fourth-order valence-electron chi connectivity index (χ4n) is 3.85. The van der Waals surface area contributed by atoms with E-state index in [1.54, 1.807) is 0 Å². The number of ether oxygens (including phenoxy) is 7. The summed E-state index contributed by atoms with van der Waals surface area (Å²) in [5, 5.41) is 0. The zero-order valence-electron chi connectivity index (χ0n) is 26.2. The Balaban J connectivity index is 3.01. The van der Waals surface area contributed by atoms with Gasteiger partial charge in [0.2, 0.25) is 0 Å². The predicted molar refractivity (Wildman–Crippen MR) is 159 cm³/mol. The highest BCUT2D eigenvalue weighted by Gasteiger charge is 1.97. The molecule has 0 rings (SSSR count). The van der Waals surface area contributed by atoms with Gasteiger partial charge in [0, 0.05) is 6.61 Å². The van der Waals surface area contributed by atoms with E-state index in [1.165, 1.54) is 77.0 Å². The van der Waals surface area contributed by atoms with Gasteiger partial charge in [0.25, 0.3) is 0 Å². The van der Waals surface area contributed by atoms with Gasteiger partial charge in [-0.2, -0.15) is 0 Å². The molecule has 0 aliphatic carbocycles. The third-order valence-corrected chi connectivity index (χ3v) is 6.16. The van der Waals surface area contributed by atoms with Crippen molar-refractivity contribution in [3.8, 4) is 0 Å². The number of rotatable bonds is 37. The van der Waals surface area contributed by atoms with Gasteiger partial charge in [-0.25, -0.2) is 9.78 Å². The molecule has 0 saturated carbocycles. The third-order valence-electron chi connectivity index (χ3n) is 6.16. The standard InChI is InChI=1S/C31H64O9/c1-3-5-6-7-8-9-10-11-12-13-14-15-16-17-39-40-31-30-38-29-28-37-27-26-36-25-24-35-23-22-34-21-20-33-19-18-32-4-2/h3-31H2,1-2H3. The van der Waals surface area contributed by atoms with Crippen LogP contribution in [0.4, 0.5) is 0 Å². The molecular formula is C31H64O9. The number of hydrogen-bond donors (Lipinski definition) is 0. The van der Waals surface area contributed by atoms with E-state index in [9.17, 15) is 0 Å². The van der Waals surface area contributed by atoms with Crippen LogP contribution in [0.15, 0.2) is 0 Å². The summed E-state index contributed by atoms with van der Waals surface area (Å²) in [7, 11) is 0. The minimum absolute atomic E-state index is 0.439. The van der Waals surface area contributed by atoms with Gasteiger partial charge in [0.15, 0.2) is 0 Å². The molecule has 0 heterocycles. The van der Waals surface area contributed by atoms with Gasteiger partial charge in [0.1, 0.15) is 6.61 Å². The van der Waals surface area contributed by atoms with Gasteiger partial charge >= 0.3 is 0 Å². The topological polar surface area (TPSA) is 83.1 Å². The molecule has 0 aromatic rings. The maximum Gasteiger partial charge on any atom is 0.106 e. The lowest BCUT2D eigenvalue weighted by molar-refractivity contribution is -0.299. The van der Waals surface area contributed by atoms with Gasteiger partial charge in [-0.3, -0.25) is 0 Å². The Morgan fingerprint density at radius 1 is 0.250 bits per heavy atom. The van der Waals surface area contributed by atoms with Crippen LogP contribution >= 0.6 is 0 Å². The van der Waals surface area contributed by atoms with Gasteiger partial charge in [-0.05, 0) is 13.3 Å². The second kappa shape index (κ2) is 38.6. The molecule has 0 radical (unpaired) electrons. The van der Waals surface area contributed by atoms with E-state index in [2.05, 4.69) is 6.92 Å². The molecule has 0 fully saturated rings. The summed E-state index contributed by atoms with van der Waals surface area (Å²) in [6, 6.07) is 0. The second-order valence-electron chi connectivity index (χ2n) is 9.76. The Bertz CT molecular complexity index is 392. The van der Waals surface area contributed by atoms with E-state index in [0.29, 0.717) is 99.1 Å². The average molecular weight is 581 g/mol. The van der Waals surface area contributed by atoms with E-state index >= 15 is 0 Å². The molecule has 0 aliphatic rings. The molecule has 9 heteroatoms. The van der Waals surface area contributed by atoms with Crippen molar-refractivity contribution in [2.24, 2.45) is 0 Å². The van der Waals surface area contributed by atoms with Crippen LogP contribution in [0.3, 0.4) is 0 Å². The quantitative estimate of drug-likeness (QED) is 0.0487. The molecule has 0 aromatic heterocycles. The van der Waals surface area contributed by atoms with E-state index < -0.39 is 0 Å². The molecule has 0 atom stereocenters. The molecule has 0 N–H and O–H groups in total. The van der Waals surface area contributed by atoms with Crippen molar-refractivity contribution in [1.82, 2.24) is 0 Å². The SMILES string of the molecule is CCCCCCCCCCCCCCCOOCCOCCOCCOCCOCCOCCOCCOCC. The minimum atomic E-state index is 0.439. The molecule has 242 valence electrons. The van der Waals surface area contributed by atoms with Crippen LogP contribution in [0.25, 0.3) is 0 Å². The molecule has 9 nitrogen and oxygen atoms in total. The zero-order chi connectivity index (χ0) is 28.9. The fraction of sp³-hybridized carbons (Fsp3) is 1.00. The molecule has 0 unspecified atom stereocenters. The summed E-state index contributed by atoms with van der Waals surface area (Å²) in [6.07, 6.45) is 17.5. The van der Waals surface area contributed by atoms with E-state index in [-0.39, 0.29) is 0 Å². The molecule has 0 bridgehead atoms. The monoisotopic (exact) mass is 580 g/mol. The first kappa shape index (κ1) is 39.6. The summed E-state index contributed by atoms with van der Waals surface area (Å²) in [6.45, 7) is 13.2. The zero-order valence-corrected chi connectivity index (χ0v) is 26.2. The summed E-state index contributed by atoms with van der Waals surface area (Å²) >= 11 is 0. The molecule has 40 heavy (non-hydrogen) atoms. The van der Waals surface area contributed by atoms with Crippen LogP contribution in [-0.4, -0.2) is 106 Å². The number of unbranched alkanes of at least 4 members (excludes halogenated alkanes) is 12. The Morgan fingerprint density at radius 3 is 0.875 bits per heavy atom. The van der Waals surface area contributed by atoms with Crippen LogP contribution < -0.4 is 0 Å². The van der Waals surface area contributed by atoms with Crippen LogP contribution in [-0.2, 0) is 42.9 Å². The molecule has 0 aliphatic heterocycles. The van der Waals surface area contributed by atoms with Crippen molar-refractivity contribution in [2.75, 3.05) is 106 Å². The van der Waals surface area contributed by atoms with Crippen molar-refractivity contribution in [1.29, 1.82) is 0 Å². The molecular weight excluding hydrogens is 516 g/mol. The maximum absolute atomic E-state index is 5.48. The summed E-state index contributed by atoms with van der Waals surface area (Å²) in [5.74, 6) is 0. The van der Waals surface area contributed by atoms with E-state index in [0.717, 1.165) is 13.0 Å². The van der Waals surface area contributed by atoms with Gasteiger partial charge < -0.3 is 33.2 Å². The first-order valence-corrected chi connectivity index (χ1v) is 16.2. The van der Waals surface area contributed by atoms with E-state index in [4.69, 9.17) is 42.9 Å². The van der Waals surface area contributed by atoms with Gasteiger partial charge in [-0.15, -0.1) is 0 Å². The molecule has 0 spiro atoms. The highest BCUT2D eigenvalue weighted by Crippen LogP contribution is 2.12. The van der Waals surface area contributed by atoms with Crippen molar-refractivity contribution in [3.05, 3.63) is 0 Å². The highest BCUT2D eigenvalue weighted by atomic mass is 17.2. The summed E-state index contributed by atoms with van der Waals surface area (Å²) < 4.78 is 37.8. The Labute approximate surface area is 246 Å². The number of hydrogen-bond acceptors (Lipinski definition) is 9. The van der Waals surface area contributed by atoms with Gasteiger partial charge in [0.05, 0.1) is 92.5 Å². The lowest BCUT2D eigenvalue weighted by Crippen LogP contribution is -2.15. The lowest BCUT2D eigenvalue weighted by Gasteiger charge is -2.08. The highest BCUT2D eigenvalue weighted by molar-refractivity contribution is 4.48. The third kappa shape index (κ3) is 37.6. The second-order valence-corrected chi connectivity index (χ2v) is 9.76. The van der Waals surface area contributed by atoms with E-state index in [1.807, 2.05) is 6.92 Å². The van der Waals surface area contributed by atoms with Crippen molar-refractivity contribution in [2.45, 2.75) is 97.3 Å². The lowest BCUT2D eigenvalue weighted by atomic mass is 10.0. The molecule has 0 saturated heterocycles. The fourth-order valence-corrected chi connectivity index (χ4v) is 3.85. The average Bonchev–Trinajstić information content (AvgIpc) is 2.97. The van der Waals surface area contributed by atoms with Crippen LogP contribution in [0, 0.1) is 0 Å². The van der Waals surface area contributed by atoms with Crippen LogP contribution in [0.1, 0.15) is 97.3 Å². The largest absolute Gasteiger partial charge is 0.379 e. The summed E-state index contributed by atoms with van der Waals surface area (Å²) in [5.41, 5.74) is 0. The van der Waals surface area contributed by atoms with Crippen LogP contribution in [0.5, 0.6) is 0 Å². The normalized spacial score (nSPS) is 11.6.